The Kier molecular flexibility index (Phi) is 7.45. The molecule has 0 radical (unpaired) electrons. The zero-order valence-corrected chi connectivity index (χ0v) is 22.6. The molecule has 4 N–H and O–H groups in total. The van der Waals surface area contributed by atoms with Crippen molar-refractivity contribution >= 4 is 35.2 Å². The number of aromatic nitrogens is 2. The highest BCUT2D eigenvalue weighted by Crippen LogP contribution is 2.33. The van der Waals surface area contributed by atoms with Crippen molar-refractivity contribution in [3.05, 3.63) is 35.3 Å². The first-order chi connectivity index (χ1) is 19.7. The molecule has 218 valence electrons. The van der Waals surface area contributed by atoms with Crippen LogP contribution in [0.1, 0.15) is 24.0 Å². The molecule has 2 saturated heterocycles. The van der Waals surface area contributed by atoms with E-state index in [1.807, 2.05) is 13.1 Å². The summed E-state index contributed by atoms with van der Waals surface area (Å²) in [6, 6.07) is 2.72. The molecule has 1 aromatic carbocycles. The molecule has 3 aliphatic heterocycles. The van der Waals surface area contributed by atoms with Gasteiger partial charge in [-0.15, -0.1) is 0 Å². The van der Waals surface area contributed by atoms with Crippen LogP contribution in [-0.2, 0) is 27.2 Å². The molecular formula is C27H32FN7O6. The number of nitrogens with one attached hydrogen (secondary N) is 3. The Balaban J connectivity index is 0.988. The summed E-state index contributed by atoms with van der Waals surface area (Å²) in [5.41, 5.74) is 2.00. The zero-order chi connectivity index (χ0) is 28.7. The highest BCUT2D eigenvalue weighted by molar-refractivity contribution is 5.95. The summed E-state index contributed by atoms with van der Waals surface area (Å²) >= 11 is 0. The first kappa shape index (κ1) is 27.3. The zero-order valence-electron chi connectivity index (χ0n) is 22.6. The summed E-state index contributed by atoms with van der Waals surface area (Å²) in [7, 11) is 1.99. The lowest BCUT2D eigenvalue weighted by molar-refractivity contribution is -0.119. The number of anilines is 3. The molecule has 2 unspecified atom stereocenters. The van der Waals surface area contributed by atoms with E-state index in [0.29, 0.717) is 56.6 Å². The normalized spacial score (nSPS) is 25.0. The van der Waals surface area contributed by atoms with Gasteiger partial charge in [-0.25, -0.2) is 19.2 Å². The molecule has 0 spiro atoms. The predicted octanol–water partition coefficient (Wildman–Crippen LogP) is 0.670. The monoisotopic (exact) mass is 569 g/mol. The Hall–Kier alpha value is -3.88. The fourth-order valence-corrected chi connectivity index (χ4v) is 5.87. The number of carbonyl (C=O) groups is 3. The highest BCUT2D eigenvalue weighted by atomic mass is 19.1. The Labute approximate surface area is 235 Å². The van der Waals surface area contributed by atoms with Gasteiger partial charge in [0.1, 0.15) is 11.9 Å². The van der Waals surface area contributed by atoms with Crippen molar-refractivity contribution in [1.82, 2.24) is 20.2 Å². The Morgan fingerprint density at radius 2 is 2.17 bits per heavy atom. The Morgan fingerprint density at radius 3 is 2.98 bits per heavy atom. The van der Waals surface area contributed by atoms with Crippen LogP contribution < -0.4 is 25.6 Å². The Morgan fingerprint density at radius 1 is 1.32 bits per heavy atom. The van der Waals surface area contributed by atoms with E-state index >= 15 is 0 Å². The topological polar surface area (TPSA) is 158 Å². The number of hydrogen-bond acceptors (Lipinski definition) is 10. The molecule has 2 aromatic rings. The number of ether oxygens (including phenoxy) is 2. The third-order valence-electron chi connectivity index (χ3n) is 7.86. The van der Waals surface area contributed by atoms with Crippen molar-refractivity contribution in [2.24, 2.45) is 5.92 Å². The quantitative estimate of drug-likeness (QED) is 0.356. The van der Waals surface area contributed by atoms with E-state index in [1.165, 1.54) is 17.2 Å². The van der Waals surface area contributed by atoms with Gasteiger partial charge in [0.05, 0.1) is 24.9 Å². The van der Waals surface area contributed by atoms with Gasteiger partial charge in [-0.05, 0) is 61.9 Å². The lowest BCUT2D eigenvalue weighted by atomic mass is 10.1. The van der Waals surface area contributed by atoms with E-state index in [-0.39, 0.29) is 53.8 Å². The maximum atomic E-state index is 14.9. The molecule has 2 fully saturated rings. The Bertz CT molecular complexity index is 1380. The van der Waals surface area contributed by atoms with Gasteiger partial charge in [-0.2, -0.15) is 0 Å². The molecule has 0 saturated carbocycles. The molecule has 0 bridgehead atoms. The van der Waals surface area contributed by atoms with Crippen LogP contribution in [0.15, 0.2) is 18.3 Å². The summed E-state index contributed by atoms with van der Waals surface area (Å²) in [4.78, 5) is 48.5. The van der Waals surface area contributed by atoms with Gasteiger partial charge in [0, 0.05) is 25.3 Å². The summed E-state index contributed by atoms with van der Waals surface area (Å²) in [5, 5.41) is 18.0. The van der Waals surface area contributed by atoms with Crippen LogP contribution in [0.25, 0.3) is 0 Å². The van der Waals surface area contributed by atoms with Crippen molar-refractivity contribution in [1.29, 1.82) is 0 Å². The van der Waals surface area contributed by atoms with Crippen molar-refractivity contribution in [3.8, 4) is 5.88 Å². The van der Waals surface area contributed by atoms with Crippen LogP contribution >= 0.6 is 0 Å². The highest BCUT2D eigenvalue weighted by Gasteiger charge is 2.35. The standard InChI is InChI=1S/C27H32FN7O6/c1-34(3-2-18-12-35(27(39)41-18)22-10-30-26-24(32-22)33-23(37)13-40-26)11-14-4-15-6-16(7-20(28)19(15)5-14)31-25(38)21-8-17(36)9-29-21/h6-7,10,14,17-18,21,29,36H,2-5,8-9,11-13H2,1H3,(H,31,38)(H,32,33,37)/t14?,17-,18?,21+/m1/s1. The summed E-state index contributed by atoms with van der Waals surface area (Å²) in [5.74, 6) is -0.0770. The minimum absolute atomic E-state index is 0.131. The SMILES string of the molecule is CN(CCC1CN(c2cnc3c(n2)NC(=O)CO3)C(=O)O1)CC1Cc2cc(NC(=O)[C@@H]3C[C@@H](O)CN3)cc(F)c2C1. The minimum Gasteiger partial charge on any atom is -0.465 e. The van der Waals surface area contributed by atoms with Crippen LogP contribution in [0.4, 0.5) is 26.5 Å². The maximum Gasteiger partial charge on any atom is 0.415 e. The number of rotatable bonds is 8. The van der Waals surface area contributed by atoms with Gasteiger partial charge in [0.25, 0.3) is 11.8 Å². The van der Waals surface area contributed by atoms with E-state index in [0.717, 1.165) is 12.1 Å². The second-order valence-electron chi connectivity index (χ2n) is 11.1. The largest absolute Gasteiger partial charge is 0.465 e. The van der Waals surface area contributed by atoms with Gasteiger partial charge in [-0.3, -0.25) is 14.5 Å². The third kappa shape index (κ3) is 5.94. The smallest absolute Gasteiger partial charge is 0.415 e. The lowest BCUT2D eigenvalue weighted by Gasteiger charge is -2.22. The molecule has 1 aliphatic carbocycles. The van der Waals surface area contributed by atoms with Crippen molar-refractivity contribution in [3.63, 3.8) is 0 Å². The number of fused-ring (bicyclic) bond motifs is 2. The molecular weight excluding hydrogens is 537 g/mol. The number of amides is 3. The molecule has 3 amide bonds. The summed E-state index contributed by atoms with van der Waals surface area (Å²) in [6.45, 7) is 1.95. The van der Waals surface area contributed by atoms with Crippen LogP contribution in [0, 0.1) is 11.7 Å². The van der Waals surface area contributed by atoms with E-state index in [2.05, 4.69) is 30.8 Å². The van der Waals surface area contributed by atoms with Crippen LogP contribution in [0.5, 0.6) is 5.88 Å². The van der Waals surface area contributed by atoms with Gasteiger partial charge in [0.2, 0.25) is 5.91 Å². The maximum absolute atomic E-state index is 14.9. The van der Waals surface area contributed by atoms with Gasteiger partial charge in [-0.1, -0.05) is 0 Å². The van der Waals surface area contributed by atoms with Crippen LogP contribution in [-0.4, -0.2) is 96.0 Å². The summed E-state index contributed by atoms with van der Waals surface area (Å²) < 4.78 is 25.7. The fraction of sp³-hybridized carbons (Fsp3) is 0.519. The second kappa shape index (κ2) is 11.2. The number of halogens is 1. The van der Waals surface area contributed by atoms with Crippen molar-refractivity contribution in [2.45, 2.75) is 43.9 Å². The lowest BCUT2D eigenvalue weighted by Crippen LogP contribution is -2.35. The number of carbonyl (C=O) groups excluding carboxylic acids is 3. The van der Waals surface area contributed by atoms with Crippen LogP contribution in [0.2, 0.25) is 0 Å². The first-order valence-corrected chi connectivity index (χ1v) is 13.7. The number of aliphatic hydroxyl groups excluding tert-OH is 1. The summed E-state index contributed by atoms with van der Waals surface area (Å²) in [6.07, 6.45) is 2.24. The number of hydrogen-bond donors (Lipinski definition) is 4. The first-order valence-electron chi connectivity index (χ1n) is 13.7. The second-order valence-corrected chi connectivity index (χ2v) is 11.1. The van der Waals surface area contributed by atoms with Crippen molar-refractivity contribution in [2.75, 3.05) is 55.4 Å². The fourth-order valence-electron chi connectivity index (χ4n) is 5.87. The molecule has 6 rings (SSSR count). The van der Waals surface area contributed by atoms with Gasteiger partial charge < -0.3 is 35.4 Å². The molecule has 41 heavy (non-hydrogen) atoms. The van der Waals surface area contributed by atoms with Gasteiger partial charge >= 0.3 is 6.09 Å². The molecule has 4 atom stereocenters. The van der Waals surface area contributed by atoms with E-state index in [1.54, 1.807) is 0 Å². The predicted molar refractivity (Wildman–Crippen MR) is 144 cm³/mol. The van der Waals surface area contributed by atoms with Crippen LogP contribution in [0.3, 0.4) is 0 Å². The average Bonchev–Trinajstić information content (AvgIpc) is 3.65. The van der Waals surface area contributed by atoms with E-state index in [4.69, 9.17) is 9.47 Å². The molecule has 14 heteroatoms. The molecule has 4 aliphatic rings. The average molecular weight is 570 g/mol. The minimum atomic E-state index is -0.551. The number of nitrogens with zero attached hydrogens (tertiary/aromatic N) is 4. The number of cyclic esters (lactones) is 1. The third-order valence-corrected chi connectivity index (χ3v) is 7.86. The number of benzene rings is 1. The number of β-amino-alcohol motifs (C(OH)–C–C–N with tert-alkyl or cyclic N) is 1. The van der Waals surface area contributed by atoms with E-state index in [9.17, 15) is 23.9 Å². The van der Waals surface area contributed by atoms with E-state index < -0.39 is 18.2 Å². The number of aliphatic hydroxyl groups is 1. The van der Waals surface area contributed by atoms with Gasteiger partial charge in [0.15, 0.2) is 18.2 Å². The molecule has 4 heterocycles. The van der Waals surface area contributed by atoms with Crippen molar-refractivity contribution < 1.29 is 33.4 Å². The molecule has 13 nitrogen and oxygen atoms in total. The molecule has 1 aromatic heterocycles.